The number of hydrogen-bond acceptors (Lipinski definition) is 5. The lowest BCUT2D eigenvalue weighted by Crippen LogP contribution is -2.44. The number of pyridine rings is 1. The predicted molar refractivity (Wildman–Crippen MR) is 138 cm³/mol. The van der Waals surface area contributed by atoms with Gasteiger partial charge in [-0.1, -0.05) is 24.3 Å². The molecule has 2 bridgehead atoms. The molecule has 3 N–H and O–H groups in total. The summed E-state index contributed by atoms with van der Waals surface area (Å²) in [7, 11) is 1.60. The van der Waals surface area contributed by atoms with Gasteiger partial charge in [0.05, 0.1) is 12.7 Å². The van der Waals surface area contributed by atoms with Crippen LogP contribution >= 0.6 is 0 Å². The van der Waals surface area contributed by atoms with Crippen LogP contribution < -0.4 is 20.7 Å². The monoisotopic (exact) mass is 502 g/mol. The molecule has 2 fully saturated rings. The lowest BCUT2D eigenvalue weighted by molar-refractivity contribution is 0.0916. The van der Waals surface area contributed by atoms with Gasteiger partial charge < -0.3 is 20.7 Å². The maximum absolute atomic E-state index is 13.8. The van der Waals surface area contributed by atoms with Crippen LogP contribution in [0.1, 0.15) is 56.3 Å². The number of aromatic nitrogens is 1. The molecule has 1 aliphatic heterocycles. The van der Waals surface area contributed by atoms with Crippen molar-refractivity contribution >= 4 is 11.8 Å². The zero-order chi connectivity index (χ0) is 25.9. The van der Waals surface area contributed by atoms with Crippen LogP contribution in [0.25, 0.3) is 0 Å². The van der Waals surface area contributed by atoms with E-state index in [1.807, 2.05) is 31.2 Å². The highest BCUT2D eigenvalue weighted by molar-refractivity contribution is 5.96. The van der Waals surface area contributed by atoms with Crippen molar-refractivity contribution in [3.8, 4) is 5.75 Å². The van der Waals surface area contributed by atoms with Gasteiger partial charge in [-0.15, -0.1) is 0 Å². The molecule has 1 unspecified atom stereocenters. The minimum absolute atomic E-state index is 0.0720. The SMILES string of the molecule is COc1cccc(C(=O)N[C@H]2C[C@H]3CN[C@@H](C2)C3c2ccc(C(=O)NCc3ccccc3F)cn2)c1C. The highest BCUT2D eigenvalue weighted by atomic mass is 19.1. The van der Waals surface area contributed by atoms with Crippen LogP contribution in [0.2, 0.25) is 0 Å². The quantitative estimate of drug-likeness (QED) is 0.458. The molecule has 0 radical (unpaired) electrons. The van der Waals surface area contributed by atoms with E-state index in [0.717, 1.165) is 30.6 Å². The van der Waals surface area contributed by atoms with Gasteiger partial charge in [0.2, 0.25) is 0 Å². The summed E-state index contributed by atoms with van der Waals surface area (Å²) >= 11 is 0. The molecule has 2 aliphatic rings. The fourth-order valence-corrected chi connectivity index (χ4v) is 5.68. The third-order valence-electron chi connectivity index (χ3n) is 7.58. The van der Waals surface area contributed by atoms with Crippen molar-refractivity contribution < 1.29 is 18.7 Å². The number of carbonyl (C=O) groups is 2. The molecule has 4 atom stereocenters. The van der Waals surface area contributed by atoms with Crippen molar-refractivity contribution in [2.45, 2.75) is 44.3 Å². The van der Waals surface area contributed by atoms with Crippen LogP contribution in [-0.4, -0.2) is 42.5 Å². The number of benzene rings is 2. The van der Waals surface area contributed by atoms with Crippen LogP contribution in [0.3, 0.4) is 0 Å². The number of carbonyl (C=O) groups excluding carboxylic acids is 2. The molecule has 7 nitrogen and oxygen atoms in total. The van der Waals surface area contributed by atoms with Crippen molar-refractivity contribution in [3.63, 3.8) is 0 Å². The summed E-state index contributed by atoms with van der Waals surface area (Å²) < 4.78 is 19.2. The van der Waals surface area contributed by atoms with E-state index in [1.54, 1.807) is 37.6 Å². The lowest BCUT2D eigenvalue weighted by atomic mass is 9.75. The topological polar surface area (TPSA) is 92.4 Å². The Balaban J connectivity index is 1.20. The number of nitrogens with zero attached hydrogens (tertiary/aromatic N) is 1. The standard InChI is InChI=1S/C29H31FN4O3/c1-17-22(7-5-9-26(17)37-2)29(36)34-21-12-20-16-32-25(13-21)27(20)24-11-10-19(15-31-24)28(35)33-14-18-6-3-4-8-23(18)30/h3-11,15,20-21,25,27,32H,12-14,16H2,1-2H3,(H,33,35)(H,34,36)/t20-,21-,25-,27?/m0/s1. The normalized spacial score (nSPS) is 22.4. The number of nitrogens with one attached hydrogen (secondary N) is 3. The first-order chi connectivity index (χ1) is 17.9. The van der Waals surface area contributed by atoms with E-state index < -0.39 is 0 Å². The first-order valence-electron chi connectivity index (χ1n) is 12.6. The molecule has 1 saturated heterocycles. The molecule has 2 heterocycles. The Labute approximate surface area is 215 Å². The minimum atomic E-state index is -0.343. The van der Waals surface area contributed by atoms with Crippen molar-refractivity contribution in [3.05, 3.63) is 94.6 Å². The third kappa shape index (κ3) is 5.20. The van der Waals surface area contributed by atoms with E-state index in [9.17, 15) is 14.0 Å². The van der Waals surface area contributed by atoms with Crippen molar-refractivity contribution in [2.75, 3.05) is 13.7 Å². The van der Waals surface area contributed by atoms with E-state index in [2.05, 4.69) is 20.9 Å². The van der Waals surface area contributed by atoms with E-state index in [1.165, 1.54) is 6.07 Å². The second-order valence-corrected chi connectivity index (χ2v) is 9.82. The minimum Gasteiger partial charge on any atom is -0.496 e. The summed E-state index contributed by atoms with van der Waals surface area (Å²) in [4.78, 5) is 30.2. The van der Waals surface area contributed by atoms with E-state index >= 15 is 0 Å². The van der Waals surface area contributed by atoms with Crippen LogP contribution in [0.5, 0.6) is 5.75 Å². The molecule has 2 aromatic carbocycles. The average molecular weight is 503 g/mol. The molecule has 0 spiro atoms. The van der Waals surface area contributed by atoms with Crippen LogP contribution in [0.15, 0.2) is 60.8 Å². The van der Waals surface area contributed by atoms with Crippen LogP contribution in [0, 0.1) is 18.7 Å². The Morgan fingerprint density at radius 1 is 1.08 bits per heavy atom. The van der Waals surface area contributed by atoms with Gasteiger partial charge in [0.15, 0.2) is 0 Å². The highest BCUT2D eigenvalue weighted by Gasteiger charge is 2.44. The van der Waals surface area contributed by atoms with E-state index in [-0.39, 0.29) is 42.2 Å². The van der Waals surface area contributed by atoms with Gasteiger partial charge in [-0.3, -0.25) is 14.6 Å². The first-order valence-corrected chi connectivity index (χ1v) is 12.6. The fraction of sp³-hybridized carbons (Fsp3) is 0.345. The van der Waals surface area contributed by atoms with Crippen LogP contribution in [-0.2, 0) is 6.54 Å². The Morgan fingerprint density at radius 3 is 2.65 bits per heavy atom. The van der Waals surface area contributed by atoms with Gasteiger partial charge in [0.1, 0.15) is 11.6 Å². The largest absolute Gasteiger partial charge is 0.496 e. The molecule has 1 aromatic heterocycles. The van der Waals surface area contributed by atoms with Crippen molar-refractivity contribution in [1.29, 1.82) is 0 Å². The third-order valence-corrected chi connectivity index (χ3v) is 7.58. The Morgan fingerprint density at radius 2 is 1.92 bits per heavy atom. The molecule has 1 saturated carbocycles. The first kappa shape index (κ1) is 24.9. The molecule has 1 aliphatic carbocycles. The molecule has 5 rings (SSSR count). The number of rotatable bonds is 7. The smallest absolute Gasteiger partial charge is 0.253 e. The summed E-state index contributed by atoms with van der Waals surface area (Å²) in [6, 6.07) is 15.8. The number of fused-ring (bicyclic) bond motifs is 2. The second kappa shape index (κ2) is 10.7. The molecule has 192 valence electrons. The second-order valence-electron chi connectivity index (χ2n) is 9.82. The van der Waals surface area contributed by atoms with Gasteiger partial charge >= 0.3 is 0 Å². The Kier molecular flexibility index (Phi) is 7.19. The molecule has 8 heteroatoms. The number of amides is 2. The van der Waals surface area contributed by atoms with Crippen molar-refractivity contribution in [2.24, 2.45) is 5.92 Å². The number of hydrogen-bond donors (Lipinski definition) is 3. The summed E-state index contributed by atoms with van der Waals surface area (Å²) in [6.07, 6.45) is 3.25. The molecular weight excluding hydrogens is 471 g/mol. The number of ether oxygens (including phenoxy) is 1. The molecule has 3 aromatic rings. The van der Waals surface area contributed by atoms with E-state index in [0.29, 0.717) is 28.4 Å². The maximum Gasteiger partial charge on any atom is 0.253 e. The van der Waals surface area contributed by atoms with Gasteiger partial charge in [-0.2, -0.15) is 0 Å². The highest BCUT2D eigenvalue weighted by Crippen LogP contribution is 2.41. The summed E-state index contributed by atoms with van der Waals surface area (Å²) in [6.45, 7) is 2.88. The zero-order valence-corrected chi connectivity index (χ0v) is 21.0. The predicted octanol–water partition coefficient (Wildman–Crippen LogP) is 3.73. The zero-order valence-electron chi connectivity index (χ0n) is 21.0. The average Bonchev–Trinajstić information content (AvgIpc) is 3.18. The van der Waals surface area contributed by atoms with E-state index in [4.69, 9.17) is 4.74 Å². The lowest BCUT2D eigenvalue weighted by Gasteiger charge is -2.34. The molecule has 2 amide bonds. The Hall–Kier alpha value is -3.78. The van der Waals surface area contributed by atoms with Gasteiger partial charge in [-0.25, -0.2) is 4.39 Å². The van der Waals surface area contributed by atoms with Crippen LogP contribution in [0.4, 0.5) is 4.39 Å². The van der Waals surface area contributed by atoms with Gasteiger partial charge in [-0.05, 0) is 62.6 Å². The van der Waals surface area contributed by atoms with Crippen molar-refractivity contribution in [1.82, 2.24) is 20.9 Å². The molecule has 37 heavy (non-hydrogen) atoms. The summed E-state index contributed by atoms with van der Waals surface area (Å²) in [5, 5.41) is 9.57. The van der Waals surface area contributed by atoms with Gasteiger partial charge in [0, 0.05) is 53.1 Å². The summed E-state index contributed by atoms with van der Waals surface area (Å²) in [5.41, 5.74) is 3.29. The summed E-state index contributed by atoms with van der Waals surface area (Å²) in [5.74, 6) is 0.551. The maximum atomic E-state index is 13.8. The fourth-order valence-electron chi connectivity index (χ4n) is 5.68. The Bertz CT molecular complexity index is 1280. The number of methoxy groups -OCH3 is 1. The molecular formula is C29H31FN4O3. The number of halogens is 1. The van der Waals surface area contributed by atoms with Gasteiger partial charge in [0.25, 0.3) is 11.8 Å².